The van der Waals surface area contributed by atoms with Crippen LogP contribution in [0.15, 0.2) is 23.2 Å². The normalized spacial score (nSPS) is 24.7. The molecule has 2 unspecified atom stereocenters. The third kappa shape index (κ3) is 4.52. The van der Waals surface area contributed by atoms with Gasteiger partial charge in [-0.05, 0) is 37.1 Å². The smallest absolute Gasteiger partial charge is 0.231 e. The fraction of sp³-hybridized carbons (Fsp3) is 0.611. The van der Waals surface area contributed by atoms with Crippen molar-refractivity contribution in [1.29, 1.82) is 0 Å². The third-order valence-corrected chi connectivity index (χ3v) is 5.08. The van der Waals surface area contributed by atoms with Gasteiger partial charge >= 0.3 is 0 Å². The summed E-state index contributed by atoms with van der Waals surface area (Å²) in [6.45, 7) is 4.82. The van der Waals surface area contributed by atoms with Crippen LogP contribution in [-0.2, 0) is 11.3 Å². The van der Waals surface area contributed by atoms with E-state index in [4.69, 9.17) is 14.2 Å². The van der Waals surface area contributed by atoms with Crippen LogP contribution < -0.4 is 20.1 Å². The monoisotopic (exact) mass is 474 g/mol. The summed E-state index contributed by atoms with van der Waals surface area (Å²) in [5.74, 6) is 2.39. The van der Waals surface area contributed by atoms with E-state index in [0.29, 0.717) is 19.4 Å². The molecule has 4 rings (SSSR count). The van der Waals surface area contributed by atoms with Gasteiger partial charge in [0.15, 0.2) is 17.5 Å². The Kier molecular flexibility index (Phi) is 6.82. The van der Waals surface area contributed by atoms with Gasteiger partial charge in [0.2, 0.25) is 6.79 Å². The summed E-state index contributed by atoms with van der Waals surface area (Å²) < 4.78 is 16.7. The van der Waals surface area contributed by atoms with Gasteiger partial charge in [-0.2, -0.15) is 0 Å². The molecule has 7 nitrogen and oxygen atoms in total. The first-order valence-corrected chi connectivity index (χ1v) is 9.00. The summed E-state index contributed by atoms with van der Waals surface area (Å²) in [7, 11) is 1.78. The predicted octanol–water partition coefficient (Wildman–Crippen LogP) is 1.56. The first-order valence-electron chi connectivity index (χ1n) is 9.00. The van der Waals surface area contributed by atoms with Crippen LogP contribution in [0.25, 0.3) is 0 Å². The number of morpholine rings is 1. The van der Waals surface area contributed by atoms with E-state index in [9.17, 15) is 0 Å². The van der Waals surface area contributed by atoms with Crippen molar-refractivity contribution >= 4 is 29.9 Å². The number of hydrogen-bond donors (Lipinski definition) is 2. The maximum absolute atomic E-state index is 5.98. The molecule has 1 aromatic carbocycles. The number of hydrogen-bond acceptors (Lipinski definition) is 5. The van der Waals surface area contributed by atoms with E-state index in [1.807, 2.05) is 18.2 Å². The highest BCUT2D eigenvalue weighted by atomic mass is 127. The zero-order valence-electron chi connectivity index (χ0n) is 15.1. The minimum atomic E-state index is 0. The molecule has 3 heterocycles. The highest BCUT2D eigenvalue weighted by Crippen LogP contribution is 2.32. The highest BCUT2D eigenvalue weighted by molar-refractivity contribution is 14.0. The lowest BCUT2D eigenvalue weighted by molar-refractivity contribution is -0.0453. The summed E-state index contributed by atoms with van der Waals surface area (Å²) in [6.07, 6.45) is 2.80. The standard InChI is InChI=1S/C18H26N4O3.HI/c1-19-18(20-8-13-4-5-16-17(7-13)25-12-24-16)21-9-15-10-22-6-2-3-14(22)11-23-15;/h4-5,7,14-15H,2-3,6,8-12H2,1H3,(H2,19,20,21);1H. The number of halogens is 1. The Balaban J connectivity index is 0.00000196. The van der Waals surface area contributed by atoms with E-state index < -0.39 is 0 Å². The van der Waals surface area contributed by atoms with Crippen LogP contribution in [-0.4, -0.2) is 63.1 Å². The van der Waals surface area contributed by atoms with Gasteiger partial charge in [-0.3, -0.25) is 9.89 Å². The highest BCUT2D eigenvalue weighted by Gasteiger charge is 2.32. The number of aliphatic imine (C=N–C) groups is 1. The van der Waals surface area contributed by atoms with E-state index in [1.165, 1.54) is 19.4 Å². The molecule has 2 saturated heterocycles. The second-order valence-corrected chi connectivity index (χ2v) is 6.74. The second-order valence-electron chi connectivity index (χ2n) is 6.74. The summed E-state index contributed by atoms with van der Waals surface area (Å²) in [5, 5.41) is 6.71. The van der Waals surface area contributed by atoms with Crippen molar-refractivity contribution in [3.05, 3.63) is 23.8 Å². The van der Waals surface area contributed by atoms with Gasteiger partial charge in [0.25, 0.3) is 0 Å². The molecule has 0 amide bonds. The van der Waals surface area contributed by atoms with Crippen LogP contribution in [0.2, 0.25) is 0 Å². The zero-order valence-corrected chi connectivity index (χ0v) is 17.4. The topological polar surface area (TPSA) is 67.4 Å². The molecule has 0 saturated carbocycles. The number of rotatable bonds is 4. The quantitative estimate of drug-likeness (QED) is 0.393. The lowest BCUT2D eigenvalue weighted by Gasteiger charge is -2.35. The molecule has 0 radical (unpaired) electrons. The van der Waals surface area contributed by atoms with E-state index >= 15 is 0 Å². The van der Waals surface area contributed by atoms with Crippen LogP contribution >= 0.6 is 24.0 Å². The molecule has 2 N–H and O–H groups in total. The van der Waals surface area contributed by atoms with Gasteiger partial charge in [0, 0.05) is 32.7 Å². The SMILES string of the molecule is CN=C(NCc1ccc2c(c1)OCO2)NCC1CN2CCCC2CO1.I. The van der Waals surface area contributed by atoms with Gasteiger partial charge in [-0.25, -0.2) is 0 Å². The lowest BCUT2D eigenvalue weighted by atomic mass is 10.2. The Bertz CT molecular complexity index is 643. The molecule has 0 aromatic heterocycles. The van der Waals surface area contributed by atoms with Crippen molar-refractivity contribution in [1.82, 2.24) is 15.5 Å². The Morgan fingerprint density at radius 2 is 2.15 bits per heavy atom. The molecule has 2 fully saturated rings. The number of nitrogens with one attached hydrogen (secondary N) is 2. The first-order chi connectivity index (χ1) is 12.3. The Hall–Kier alpha value is -1.26. The van der Waals surface area contributed by atoms with Crippen molar-refractivity contribution in [3.8, 4) is 11.5 Å². The molecule has 3 aliphatic heterocycles. The number of nitrogens with zero attached hydrogens (tertiary/aromatic N) is 2. The minimum absolute atomic E-state index is 0. The number of guanidine groups is 1. The Morgan fingerprint density at radius 3 is 3.04 bits per heavy atom. The molecule has 0 aliphatic carbocycles. The maximum Gasteiger partial charge on any atom is 0.231 e. The molecule has 144 valence electrons. The summed E-state index contributed by atoms with van der Waals surface area (Å²) in [4.78, 5) is 6.85. The van der Waals surface area contributed by atoms with Crippen LogP contribution in [0.4, 0.5) is 0 Å². The van der Waals surface area contributed by atoms with Gasteiger partial charge < -0.3 is 24.8 Å². The molecule has 0 bridgehead atoms. The zero-order chi connectivity index (χ0) is 17.1. The summed E-state index contributed by atoms with van der Waals surface area (Å²) in [6, 6.07) is 6.61. The van der Waals surface area contributed by atoms with Crippen molar-refractivity contribution in [2.45, 2.75) is 31.5 Å². The number of ether oxygens (including phenoxy) is 3. The van der Waals surface area contributed by atoms with Gasteiger partial charge in [-0.15, -0.1) is 24.0 Å². The Morgan fingerprint density at radius 1 is 1.27 bits per heavy atom. The van der Waals surface area contributed by atoms with Crippen LogP contribution in [0.1, 0.15) is 18.4 Å². The molecule has 0 spiro atoms. The van der Waals surface area contributed by atoms with Gasteiger partial charge in [0.05, 0.1) is 12.7 Å². The molecule has 1 aromatic rings. The Labute approximate surface area is 171 Å². The van der Waals surface area contributed by atoms with Crippen molar-refractivity contribution < 1.29 is 14.2 Å². The van der Waals surface area contributed by atoms with E-state index in [1.54, 1.807) is 7.05 Å². The van der Waals surface area contributed by atoms with Crippen LogP contribution in [0.5, 0.6) is 11.5 Å². The minimum Gasteiger partial charge on any atom is -0.454 e. The number of fused-ring (bicyclic) bond motifs is 2. The third-order valence-electron chi connectivity index (χ3n) is 5.08. The summed E-state index contributed by atoms with van der Waals surface area (Å²) >= 11 is 0. The largest absolute Gasteiger partial charge is 0.454 e. The van der Waals surface area contributed by atoms with Crippen LogP contribution in [0, 0.1) is 0 Å². The van der Waals surface area contributed by atoms with Crippen molar-refractivity contribution in [2.75, 3.05) is 40.1 Å². The average Bonchev–Trinajstić information content (AvgIpc) is 3.29. The summed E-state index contributed by atoms with van der Waals surface area (Å²) in [5.41, 5.74) is 1.13. The van der Waals surface area contributed by atoms with E-state index in [-0.39, 0.29) is 30.1 Å². The van der Waals surface area contributed by atoms with Crippen molar-refractivity contribution in [2.24, 2.45) is 4.99 Å². The van der Waals surface area contributed by atoms with Crippen molar-refractivity contribution in [3.63, 3.8) is 0 Å². The molecule has 8 heteroatoms. The fourth-order valence-corrected chi connectivity index (χ4v) is 3.68. The van der Waals surface area contributed by atoms with Gasteiger partial charge in [-0.1, -0.05) is 6.07 Å². The molecule has 26 heavy (non-hydrogen) atoms. The van der Waals surface area contributed by atoms with Gasteiger partial charge in [0.1, 0.15) is 0 Å². The maximum atomic E-state index is 5.98. The lowest BCUT2D eigenvalue weighted by Crippen LogP contribution is -2.51. The number of benzene rings is 1. The first kappa shape index (κ1) is 19.5. The van der Waals surface area contributed by atoms with Crippen LogP contribution in [0.3, 0.4) is 0 Å². The second kappa shape index (κ2) is 9.09. The molecule has 2 atom stereocenters. The molecule has 3 aliphatic rings. The average molecular weight is 474 g/mol. The fourth-order valence-electron chi connectivity index (χ4n) is 3.68. The molecular formula is C18H27IN4O3. The van der Waals surface area contributed by atoms with E-state index in [2.05, 4.69) is 20.5 Å². The van der Waals surface area contributed by atoms with E-state index in [0.717, 1.165) is 42.7 Å². The predicted molar refractivity (Wildman–Crippen MR) is 111 cm³/mol. The molecular weight excluding hydrogens is 447 g/mol.